The van der Waals surface area contributed by atoms with Crippen molar-refractivity contribution >= 4 is 28.9 Å². The van der Waals surface area contributed by atoms with Gasteiger partial charge in [0.05, 0.1) is 0 Å². The molecule has 5 nitrogen and oxygen atoms in total. The molecule has 1 aromatic carbocycles. The van der Waals surface area contributed by atoms with E-state index < -0.39 is 0 Å². The molecule has 6 heteroatoms. The van der Waals surface area contributed by atoms with Crippen molar-refractivity contribution in [2.45, 2.75) is 6.54 Å². The fraction of sp³-hybridized carbons (Fsp3) is 0.143. The van der Waals surface area contributed by atoms with Gasteiger partial charge in [0.1, 0.15) is 12.0 Å². The molecule has 2 rings (SSSR count). The van der Waals surface area contributed by atoms with Crippen LogP contribution in [0, 0.1) is 0 Å². The average molecular weight is 290 g/mol. The van der Waals surface area contributed by atoms with Crippen LogP contribution in [0.1, 0.15) is 5.56 Å². The molecule has 0 amide bonds. The van der Waals surface area contributed by atoms with E-state index in [0.29, 0.717) is 35.4 Å². The first-order valence-corrected chi connectivity index (χ1v) is 6.52. The number of anilines is 3. The van der Waals surface area contributed by atoms with E-state index in [-0.39, 0.29) is 0 Å². The first-order chi connectivity index (χ1) is 9.70. The molecule has 2 aromatic rings. The Labute approximate surface area is 122 Å². The predicted molar refractivity (Wildman–Crippen MR) is 83.9 cm³/mol. The maximum absolute atomic E-state index is 6.01. The van der Waals surface area contributed by atoms with Crippen molar-refractivity contribution in [3.05, 3.63) is 53.8 Å². The lowest BCUT2D eigenvalue weighted by molar-refractivity contribution is 1.08. The van der Waals surface area contributed by atoms with E-state index in [0.717, 1.165) is 5.56 Å². The molecule has 0 bridgehead atoms. The Balaban J connectivity index is 2.05. The van der Waals surface area contributed by atoms with Gasteiger partial charge >= 0.3 is 0 Å². The van der Waals surface area contributed by atoms with Gasteiger partial charge in [-0.25, -0.2) is 9.97 Å². The predicted octanol–water partition coefficient (Wildman–Crippen LogP) is 2.92. The second-order valence-corrected chi connectivity index (χ2v) is 4.57. The largest absolute Gasteiger partial charge is 0.393 e. The van der Waals surface area contributed by atoms with Gasteiger partial charge in [0.25, 0.3) is 0 Å². The third kappa shape index (κ3) is 3.61. The molecule has 0 atom stereocenters. The summed E-state index contributed by atoms with van der Waals surface area (Å²) in [5.41, 5.74) is 7.59. The molecule has 0 unspecified atom stereocenters. The second-order valence-electron chi connectivity index (χ2n) is 4.13. The summed E-state index contributed by atoms with van der Waals surface area (Å²) >= 11 is 5.85. The quantitative estimate of drug-likeness (QED) is 0.713. The molecular formula is C14H16ClN5. The van der Waals surface area contributed by atoms with E-state index in [4.69, 9.17) is 17.3 Å². The van der Waals surface area contributed by atoms with Crippen molar-refractivity contribution in [3.8, 4) is 0 Å². The summed E-state index contributed by atoms with van der Waals surface area (Å²) in [5.74, 6) is 1.19. The molecule has 20 heavy (non-hydrogen) atoms. The molecule has 1 heterocycles. The number of rotatable bonds is 6. The molecular weight excluding hydrogens is 274 g/mol. The monoisotopic (exact) mass is 289 g/mol. The van der Waals surface area contributed by atoms with Gasteiger partial charge in [0.15, 0.2) is 11.6 Å². The Hall–Kier alpha value is -2.27. The van der Waals surface area contributed by atoms with Crippen LogP contribution in [-0.4, -0.2) is 16.5 Å². The summed E-state index contributed by atoms with van der Waals surface area (Å²) in [4.78, 5) is 8.23. The fourth-order valence-electron chi connectivity index (χ4n) is 1.63. The van der Waals surface area contributed by atoms with Crippen LogP contribution in [0.4, 0.5) is 17.3 Å². The van der Waals surface area contributed by atoms with Gasteiger partial charge in [0.2, 0.25) is 0 Å². The number of hydrogen-bond donors (Lipinski definition) is 3. The maximum Gasteiger partial charge on any atom is 0.155 e. The molecule has 0 aliphatic carbocycles. The highest BCUT2D eigenvalue weighted by Crippen LogP contribution is 2.22. The van der Waals surface area contributed by atoms with Crippen LogP contribution in [0.3, 0.4) is 0 Å². The van der Waals surface area contributed by atoms with Crippen LogP contribution in [0.25, 0.3) is 0 Å². The summed E-state index contributed by atoms with van der Waals surface area (Å²) in [5, 5.41) is 6.95. The highest BCUT2D eigenvalue weighted by Gasteiger charge is 2.06. The maximum atomic E-state index is 6.01. The Bertz CT molecular complexity index is 583. The van der Waals surface area contributed by atoms with Crippen molar-refractivity contribution < 1.29 is 0 Å². The lowest BCUT2D eigenvalue weighted by atomic mass is 10.2. The van der Waals surface area contributed by atoms with E-state index in [1.54, 1.807) is 6.08 Å². The third-order valence-corrected chi connectivity index (χ3v) is 2.92. The molecule has 1 aromatic heterocycles. The van der Waals surface area contributed by atoms with E-state index in [9.17, 15) is 0 Å². The van der Waals surface area contributed by atoms with Gasteiger partial charge in [-0.3, -0.25) is 0 Å². The molecule has 104 valence electrons. The minimum Gasteiger partial charge on any atom is -0.393 e. The topological polar surface area (TPSA) is 75.9 Å². The number of nitrogens with zero attached hydrogens (tertiary/aromatic N) is 2. The number of nitrogens with one attached hydrogen (secondary N) is 2. The lowest BCUT2D eigenvalue weighted by Gasteiger charge is -2.11. The van der Waals surface area contributed by atoms with E-state index in [1.165, 1.54) is 6.33 Å². The number of benzene rings is 1. The third-order valence-electron chi connectivity index (χ3n) is 2.67. The zero-order valence-electron chi connectivity index (χ0n) is 10.9. The fourth-order valence-corrected chi connectivity index (χ4v) is 1.76. The van der Waals surface area contributed by atoms with Crippen molar-refractivity contribution in [3.63, 3.8) is 0 Å². The number of nitrogens with two attached hydrogens (primary N) is 1. The van der Waals surface area contributed by atoms with Gasteiger partial charge in [-0.15, -0.1) is 6.58 Å². The van der Waals surface area contributed by atoms with E-state index in [1.807, 2.05) is 24.3 Å². The van der Waals surface area contributed by atoms with E-state index in [2.05, 4.69) is 27.2 Å². The summed E-state index contributed by atoms with van der Waals surface area (Å²) in [6.45, 7) is 4.84. The minimum absolute atomic E-state index is 0.489. The van der Waals surface area contributed by atoms with Gasteiger partial charge in [-0.2, -0.15) is 0 Å². The Morgan fingerprint density at radius 3 is 2.45 bits per heavy atom. The molecule has 0 saturated heterocycles. The van der Waals surface area contributed by atoms with Crippen molar-refractivity contribution in [1.82, 2.24) is 9.97 Å². The Kier molecular flexibility index (Phi) is 4.79. The molecule has 0 fully saturated rings. The van der Waals surface area contributed by atoms with Gasteiger partial charge < -0.3 is 16.4 Å². The normalized spacial score (nSPS) is 10.1. The lowest BCUT2D eigenvalue weighted by Crippen LogP contribution is -2.09. The van der Waals surface area contributed by atoms with Crippen LogP contribution in [0.2, 0.25) is 5.02 Å². The minimum atomic E-state index is 0.489. The van der Waals surface area contributed by atoms with Gasteiger partial charge in [-0.1, -0.05) is 29.8 Å². The number of hydrogen-bond acceptors (Lipinski definition) is 5. The van der Waals surface area contributed by atoms with Gasteiger partial charge in [-0.05, 0) is 17.7 Å². The Morgan fingerprint density at radius 2 is 1.80 bits per heavy atom. The van der Waals surface area contributed by atoms with E-state index >= 15 is 0 Å². The smallest absolute Gasteiger partial charge is 0.155 e. The first-order valence-electron chi connectivity index (χ1n) is 6.14. The molecule has 0 saturated carbocycles. The van der Waals surface area contributed by atoms with Crippen molar-refractivity contribution in [2.75, 3.05) is 22.9 Å². The van der Waals surface area contributed by atoms with Crippen molar-refractivity contribution in [2.24, 2.45) is 0 Å². The second kappa shape index (κ2) is 6.77. The molecule has 0 aliphatic rings. The first kappa shape index (κ1) is 14.1. The molecule has 0 spiro atoms. The van der Waals surface area contributed by atoms with Crippen LogP contribution >= 0.6 is 11.6 Å². The van der Waals surface area contributed by atoms with Crippen LogP contribution in [0.5, 0.6) is 0 Å². The van der Waals surface area contributed by atoms with Crippen molar-refractivity contribution in [1.29, 1.82) is 0 Å². The summed E-state index contributed by atoms with van der Waals surface area (Å²) in [6.07, 6.45) is 3.20. The zero-order chi connectivity index (χ0) is 14.4. The highest BCUT2D eigenvalue weighted by atomic mass is 35.5. The average Bonchev–Trinajstić information content (AvgIpc) is 2.47. The molecule has 0 radical (unpaired) electrons. The van der Waals surface area contributed by atoms with Crippen LogP contribution < -0.4 is 16.4 Å². The number of nitrogen functional groups attached to an aromatic ring is 1. The standard InChI is InChI=1S/C14H16ClN5/c1-2-7-17-13-12(16)14(20-9-19-13)18-8-10-3-5-11(15)6-4-10/h2-6,9H,1,7-8,16H2,(H2,17,18,19,20). The Morgan fingerprint density at radius 1 is 1.15 bits per heavy atom. The highest BCUT2D eigenvalue weighted by molar-refractivity contribution is 6.30. The summed E-state index contributed by atoms with van der Waals surface area (Å²) in [6, 6.07) is 7.59. The van der Waals surface area contributed by atoms with Gasteiger partial charge in [0, 0.05) is 18.1 Å². The van der Waals surface area contributed by atoms with Crippen LogP contribution in [-0.2, 0) is 6.54 Å². The number of aromatic nitrogens is 2. The molecule has 0 aliphatic heterocycles. The van der Waals surface area contributed by atoms with Crippen LogP contribution in [0.15, 0.2) is 43.2 Å². The molecule has 4 N–H and O–H groups in total. The summed E-state index contributed by atoms with van der Waals surface area (Å²) < 4.78 is 0. The summed E-state index contributed by atoms with van der Waals surface area (Å²) in [7, 11) is 0. The SMILES string of the molecule is C=CCNc1ncnc(NCc2ccc(Cl)cc2)c1N. The zero-order valence-corrected chi connectivity index (χ0v) is 11.7. The number of halogens is 1.